The van der Waals surface area contributed by atoms with Gasteiger partial charge in [0.15, 0.2) is 0 Å². The van der Waals surface area contributed by atoms with Gasteiger partial charge in [0.2, 0.25) is 21.8 Å². The van der Waals surface area contributed by atoms with Crippen molar-refractivity contribution < 1.29 is 22.4 Å². The minimum Gasteiger partial charge on any atom is -0.341 e. The van der Waals surface area contributed by atoms with Crippen molar-refractivity contribution in [1.82, 2.24) is 9.21 Å². The van der Waals surface area contributed by atoms with Crippen LogP contribution in [0.2, 0.25) is 0 Å². The molecule has 0 spiro atoms. The lowest BCUT2D eigenvalue weighted by Crippen LogP contribution is -2.41. The second kappa shape index (κ2) is 8.39. The Bertz CT molecular complexity index is 1120. The van der Waals surface area contributed by atoms with E-state index < -0.39 is 21.8 Å². The van der Waals surface area contributed by atoms with Gasteiger partial charge < -0.3 is 10.2 Å². The molecule has 2 heterocycles. The zero-order valence-electron chi connectivity index (χ0n) is 17.2. The molecule has 0 bridgehead atoms. The molecule has 7 nitrogen and oxygen atoms in total. The molecule has 2 amide bonds. The van der Waals surface area contributed by atoms with E-state index in [1.807, 2.05) is 6.92 Å². The van der Waals surface area contributed by atoms with Gasteiger partial charge in [0, 0.05) is 38.3 Å². The Hall–Kier alpha value is -2.78. The summed E-state index contributed by atoms with van der Waals surface area (Å²) in [6.45, 7) is 3.01. The smallest absolute Gasteiger partial charge is 0.243 e. The number of sulfonamides is 1. The second-order valence-corrected chi connectivity index (χ2v) is 9.87. The zero-order valence-corrected chi connectivity index (χ0v) is 18.0. The van der Waals surface area contributed by atoms with E-state index in [-0.39, 0.29) is 36.2 Å². The van der Waals surface area contributed by atoms with Gasteiger partial charge in [-0.2, -0.15) is 4.31 Å². The molecule has 2 aliphatic rings. The molecule has 2 aromatic rings. The van der Waals surface area contributed by atoms with Crippen molar-refractivity contribution in [3.63, 3.8) is 0 Å². The average molecular weight is 446 g/mol. The van der Waals surface area contributed by atoms with Crippen molar-refractivity contribution in [2.45, 2.75) is 30.6 Å². The van der Waals surface area contributed by atoms with Crippen molar-refractivity contribution in [2.24, 2.45) is 0 Å². The number of amides is 2. The summed E-state index contributed by atoms with van der Waals surface area (Å²) in [4.78, 5) is 27.2. The first kappa shape index (κ1) is 21.5. The molecule has 0 aliphatic carbocycles. The maximum absolute atomic E-state index is 13.6. The third kappa shape index (κ3) is 4.33. The Morgan fingerprint density at radius 1 is 1.06 bits per heavy atom. The van der Waals surface area contributed by atoms with Crippen LogP contribution in [0.25, 0.3) is 0 Å². The third-order valence-electron chi connectivity index (χ3n) is 5.78. The lowest BCUT2D eigenvalue weighted by Gasteiger charge is -2.30. The van der Waals surface area contributed by atoms with Gasteiger partial charge in [-0.05, 0) is 43.2 Å². The lowest BCUT2D eigenvalue weighted by molar-refractivity contribution is -0.134. The lowest BCUT2D eigenvalue weighted by atomic mass is 9.89. The molecule has 0 radical (unpaired) electrons. The molecule has 0 aromatic heterocycles. The number of carbonyl (C=O) groups excluding carboxylic acids is 2. The van der Waals surface area contributed by atoms with Crippen LogP contribution in [-0.2, 0) is 19.6 Å². The Morgan fingerprint density at radius 2 is 1.81 bits per heavy atom. The van der Waals surface area contributed by atoms with Crippen LogP contribution in [0.3, 0.4) is 0 Å². The molecular formula is C22H24FN3O4S. The van der Waals surface area contributed by atoms with E-state index in [0.29, 0.717) is 30.8 Å². The highest BCUT2D eigenvalue weighted by Crippen LogP contribution is 2.34. The fourth-order valence-electron chi connectivity index (χ4n) is 4.09. The Morgan fingerprint density at radius 3 is 2.55 bits per heavy atom. The van der Waals surface area contributed by atoms with E-state index in [1.54, 1.807) is 29.2 Å². The highest BCUT2D eigenvalue weighted by molar-refractivity contribution is 7.89. The van der Waals surface area contributed by atoms with E-state index in [2.05, 4.69) is 5.32 Å². The summed E-state index contributed by atoms with van der Waals surface area (Å²) >= 11 is 0. The van der Waals surface area contributed by atoms with Crippen molar-refractivity contribution in [3.8, 4) is 0 Å². The Balaban J connectivity index is 1.51. The first-order valence-corrected chi connectivity index (χ1v) is 11.6. The number of nitrogens with one attached hydrogen (secondary N) is 1. The van der Waals surface area contributed by atoms with Gasteiger partial charge >= 0.3 is 0 Å². The maximum Gasteiger partial charge on any atom is 0.243 e. The minimum atomic E-state index is -3.65. The second-order valence-electron chi connectivity index (χ2n) is 7.93. The highest BCUT2D eigenvalue weighted by atomic mass is 32.2. The van der Waals surface area contributed by atoms with Crippen LogP contribution in [0.15, 0.2) is 47.4 Å². The molecular weight excluding hydrogens is 421 g/mol. The topological polar surface area (TPSA) is 86.8 Å². The monoisotopic (exact) mass is 445 g/mol. The molecule has 1 saturated heterocycles. The van der Waals surface area contributed by atoms with Crippen molar-refractivity contribution >= 4 is 27.5 Å². The SMILES string of the molecule is Cc1ccc(S(=O)(=O)N2CCCN(C(=O)C3CC(=O)Nc4cc(F)ccc43)CC2)cc1. The van der Waals surface area contributed by atoms with Crippen molar-refractivity contribution in [1.29, 1.82) is 0 Å². The van der Waals surface area contributed by atoms with E-state index in [9.17, 15) is 22.4 Å². The summed E-state index contributed by atoms with van der Waals surface area (Å²) in [7, 11) is -3.65. The minimum absolute atomic E-state index is 0.0145. The quantitative estimate of drug-likeness (QED) is 0.787. The largest absolute Gasteiger partial charge is 0.341 e. The van der Waals surface area contributed by atoms with Crippen molar-refractivity contribution in [2.75, 3.05) is 31.5 Å². The normalized spacial score (nSPS) is 20.0. The van der Waals surface area contributed by atoms with Crippen LogP contribution in [0.4, 0.5) is 10.1 Å². The molecule has 4 rings (SSSR count). The van der Waals surface area contributed by atoms with E-state index in [4.69, 9.17) is 0 Å². The number of anilines is 1. The first-order chi connectivity index (χ1) is 14.8. The van der Waals surface area contributed by atoms with Gasteiger partial charge in [-0.1, -0.05) is 23.8 Å². The standard InChI is InChI=1S/C22H24FN3O4S/c1-15-3-6-17(7-4-15)31(29,30)26-10-2-9-25(11-12-26)22(28)19-14-21(27)24-20-13-16(23)5-8-18(19)20/h3-8,13,19H,2,9-12,14H2,1H3,(H,24,27). The van der Waals surface area contributed by atoms with Gasteiger partial charge in [0.25, 0.3) is 0 Å². The molecule has 9 heteroatoms. The van der Waals surface area contributed by atoms with E-state index >= 15 is 0 Å². The van der Waals surface area contributed by atoms with Gasteiger partial charge in [-0.25, -0.2) is 12.8 Å². The molecule has 2 aromatic carbocycles. The summed E-state index contributed by atoms with van der Waals surface area (Å²) in [6, 6.07) is 10.7. The first-order valence-electron chi connectivity index (χ1n) is 10.2. The average Bonchev–Trinajstić information content (AvgIpc) is 2.99. The molecule has 1 N–H and O–H groups in total. The van der Waals surface area contributed by atoms with Crippen LogP contribution in [0.5, 0.6) is 0 Å². The number of rotatable bonds is 3. The Labute approximate surface area is 180 Å². The molecule has 31 heavy (non-hydrogen) atoms. The number of halogens is 1. The van der Waals surface area contributed by atoms with Crippen LogP contribution >= 0.6 is 0 Å². The summed E-state index contributed by atoms with van der Waals surface area (Å²) in [6.07, 6.45) is 0.478. The summed E-state index contributed by atoms with van der Waals surface area (Å²) in [5.74, 6) is -1.77. The summed E-state index contributed by atoms with van der Waals surface area (Å²) in [5, 5.41) is 2.61. The molecule has 2 aliphatic heterocycles. The van der Waals surface area contributed by atoms with Crippen LogP contribution < -0.4 is 5.32 Å². The number of carbonyl (C=O) groups is 2. The molecule has 0 saturated carbocycles. The van der Waals surface area contributed by atoms with Gasteiger partial charge in [0.1, 0.15) is 5.82 Å². The number of hydrogen-bond donors (Lipinski definition) is 1. The number of benzene rings is 2. The maximum atomic E-state index is 13.6. The predicted molar refractivity (Wildman–Crippen MR) is 114 cm³/mol. The highest BCUT2D eigenvalue weighted by Gasteiger charge is 2.35. The Kier molecular flexibility index (Phi) is 5.81. The zero-order chi connectivity index (χ0) is 22.2. The molecule has 1 unspecified atom stereocenters. The number of hydrogen-bond acceptors (Lipinski definition) is 4. The van der Waals surface area contributed by atoms with Crippen molar-refractivity contribution in [3.05, 3.63) is 59.4 Å². The fourth-order valence-corrected chi connectivity index (χ4v) is 5.56. The fraction of sp³-hybridized carbons (Fsp3) is 0.364. The molecule has 164 valence electrons. The van der Waals surface area contributed by atoms with Gasteiger partial charge in [-0.15, -0.1) is 0 Å². The predicted octanol–water partition coefficient (Wildman–Crippen LogP) is 2.48. The van der Waals surface area contributed by atoms with E-state index in [0.717, 1.165) is 5.56 Å². The third-order valence-corrected chi connectivity index (χ3v) is 7.69. The van der Waals surface area contributed by atoms with Gasteiger partial charge in [-0.3, -0.25) is 9.59 Å². The van der Waals surface area contributed by atoms with Crippen LogP contribution in [0, 0.1) is 12.7 Å². The molecule has 1 fully saturated rings. The number of nitrogens with zero attached hydrogens (tertiary/aromatic N) is 2. The van der Waals surface area contributed by atoms with Crippen LogP contribution in [0.1, 0.15) is 29.9 Å². The van der Waals surface area contributed by atoms with Crippen LogP contribution in [-0.4, -0.2) is 55.6 Å². The van der Waals surface area contributed by atoms with Gasteiger partial charge in [0.05, 0.1) is 10.8 Å². The molecule has 1 atom stereocenters. The van der Waals surface area contributed by atoms with E-state index in [1.165, 1.54) is 22.5 Å². The summed E-state index contributed by atoms with van der Waals surface area (Å²) in [5.41, 5.74) is 1.87. The number of fused-ring (bicyclic) bond motifs is 1. The summed E-state index contributed by atoms with van der Waals surface area (Å²) < 4.78 is 41.0. The number of aryl methyl sites for hydroxylation is 1.